The molecule has 0 atom stereocenters. The van der Waals surface area contributed by atoms with E-state index in [-0.39, 0.29) is 24.0 Å². The Hall–Kier alpha value is -3.14. The van der Waals surface area contributed by atoms with Gasteiger partial charge >= 0.3 is 0 Å². The number of carbonyl (C=O) groups excluding carboxylic acids is 2. The van der Waals surface area contributed by atoms with Crippen LogP contribution in [-0.4, -0.2) is 43.2 Å². The van der Waals surface area contributed by atoms with E-state index in [1.54, 1.807) is 34.7 Å². The fourth-order valence-electron chi connectivity index (χ4n) is 3.59. The number of nitrogens with one attached hydrogen (secondary N) is 1. The monoisotopic (exact) mass is 426 g/mol. The lowest BCUT2D eigenvalue weighted by atomic mass is 10.1. The standard InChI is InChI=1S/C20H19FN6O2S/c1-11-15(17(28)22-20-24-23-18(30-20)12-6-7-12)25-27-9-8-26(19(29)16(11)27)10-13-4-2-3-5-14(13)21/h2-5,12H,6-10H2,1H3,(H,22,24,28). The summed E-state index contributed by atoms with van der Waals surface area (Å²) in [5.41, 5.74) is 1.51. The normalized spacial score (nSPS) is 15.9. The first-order chi connectivity index (χ1) is 14.5. The lowest BCUT2D eigenvalue weighted by molar-refractivity contribution is 0.0680. The van der Waals surface area contributed by atoms with Gasteiger partial charge in [-0.25, -0.2) is 4.39 Å². The van der Waals surface area contributed by atoms with Gasteiger partial charge in [0.05, 0.1) is 6.54 Å². The summed E-state index contributed by atoms with van der Waals surface area (Å²) in [7, 11) is 0. The molecule has 0 saturated heterocycles. The summed E-state index contributed by atoms with van der Waals surface area (Å²) >= 11 is 1.37. The van der Waals surface area contributed by atoms with Crippen LogP contribution < -0.4 is 5.32 Å². The number of rotatable bonds is 5. The highest BCUT2D eigenvalue weighted by Gasteiger charge is 2.32. The molecule has 10 heteroatoms. The molecule has 0 unspecified atom stereocenters. The van der Waals surface area contributed by atoms with Gasteiger partial charge in [0, 0.05) is 30.1 Å². The summed E-state index contributed by atoms with van der Waals surface area (Å²) in [6.07, 6.45) is 2.22. The quantitative estimate of drug-likeness (QED) is 0.677. The van der Waals surface area contributed by atoms with Crippen LogP contribution in [0.4, 0.5) is 9.52 Å². The van der Waals surface area contributed by atoms with Crippen molar-refractivity contribution >= 4 is 28.3 Å². The van der Waals surface area contributed by atoms with Gasteiger partial charge in [0.15, 0.2) is 5.69 Å². The predicted molar refractivity (Wildman–Crippen MR) is 108 cm³/mol. The third kappa shape index (κ3) is 3.36. The third-order valence-corrected chi connectivity index (χ3v) is 6.38. The van der Waals surface area contributed by atoms with Crippen LogP contribution in [0.25, 0.3) is 0 Å². The van der Waals surface area contributed by atoms with Crippen molar-refractivity contribution in [1.29, 1.82) is 0 Å². The van der Waals surface area contributed by atoms with E-state index in [1.807, 2.05) is 0 Å². The van der Waals surface area contributed by atoms with Gasteiger partial charge in [0.1, 0.15) is 16.5 Å². The number of benzene rings is 1. The van der Waals surface area contributed by atoms with Gasteiger partial charge in [0.2, 0.25) is 5.13 Å². The minimum Gasteiger partial charge on any atom is -0.331 e. The third-order valence-electron chi connectivity index (χ3n) is 5.38. The first kappa shape index (κ1) is 18.9. The van der Waals surface area contributed by atoms with E-state index in [0.717, 1.165) is 17.8 Å². The summed E-state index contributed by atoms with van der Waals surface area (Å²) in [6, 6.07) is 6.40. The molecule has 5 rings (SSSR count). The Kier molecular flexibility index (Phi) is 4.58. The van der Waals surface area contributed by atoms with E-state index in [1.165, 1.54) is 17.4 Å². The fraction of sp³-hybridized carbons (Fsp3) is 0.350. The molecule has 1 N–H and O–H groups in total. The molecule has 1 aromatic carbocycles. The minimum absolute atomic E-state index is 0.173. The van der Waals surface area contributed by atoms with Crippen LogP contribution >= 0.6 is 11.3 Å². The zero-order chi connectivity index (χ0) is 20.8. The van der Waals surface area contributed by atoms with Gasteiger partial charge in [-0.05, 0) is 25.8 Å². The van der Waals surface area contributed by atoms with Crippen LogP contribution in [0.3, 0.4) is 0 Å². The van der Waals surface area contributed by atoms with Crippen molar-refractivity contribution in [2.24, 2.45) is 0 Å². The van der Waals surface area contributed by atoms with Gasteiger partial charge in [-0.15, -0.1) is 10.2 Å². The van der Waals surface area contributed by atoms with E-state index in [9.17, 15) is 14.0 Å². The van der Waals surface area contributed by atoms with Gasteiger partial charge in [-0.3, -0.25) is 19.6 Å². The van der Waals surface area contributed by atoms with Crippen LogP contribution in [0.2, 0.25) is 0 Å². The number of amides is 2. The maximum absolute atomic E-state index is 14.0. The van der Waals surface area contributed by atoms with Crippen LogP contribution in [0.5, 0.6) is 0 Å². The molecule has 1 aliphatic heterocycles. The topological polar surface area (TPSA) is 93.0 Å². The Labute approximate surface area is 175 Å². The van der Waals surface area contributed by atoms with E-state index in [0.29, 0.717) is 41.0 Å². The molecule has 1 fully saturated rings. The largest absolute Gasteiger partial charge is 0.331 e. The van der Waals surface area contributed by atoms with Gasteiger partial charge in [0.25, 0.3) is 11.8 Å². The second-order valence-corrected chi connectivity index (χ2v) is 8.55. The molecule has 3 heterocycles. The number of fused-ring (bicyclic) bond motifs is 1. The minimum atomic E-state index is -0.415. The van der Waals surface area contributed by atoms with E-state index < -0.39 is 5.91 Å². The lowest BCUT2D eigenvalue weighted by Gasteiger charge is -2.28. The maximum Gasteiger partial charge on any atom is 0.278 e. The first-order valence-corrected chi connectivity index (χ1v) is 10.6. The van der Waals surface area contributed by atoms with Crippen molar-refractivity contribution in [3.63, 3.8) is 0 Å². The lowest BCUT2D eigenvalue weighted by Crippen LogP contribution is -2.40. The average Bonchev–Trinajstić information content (AvgIpc) is 3.38. The second-order valence-electron chi connectivity index (χ2n) is 7.54. The van der Waals surface area contributed by atoms with Crippen molar-refractivity contribution in [1.82, 2.24) is 24.9 Å². The Morgan fingerprint density at radius 1 is 1.27 bits per heavy atom. The van der Waals surface area contributed by atoms with Crippen molar-refractivity contribution in [2.75, 3.05) is 11.9 Å². The van der Waals surface area contributed by atoms with Crippen molar-refractivity contribution in [3.8, 4) is 0 Å². The molecule has 0 radical (unpaired) electrons. The van der Waals surface area contributed by atoms with Crippen LogP contribution in [-0.2, 0) is 13.1 Å². The highest BCUT2D eigenvalue weighted by molar-refractivity contribution is 7.15. The molecule has 0 bridgehead atoms. The van der Waals surface area contributed by atoms with Crippen molar-refractivity contribution in [2.45, 2.75) is 38.8 Å². The molecule has 1 aliphatic carbocycles. The van der Waals surface area contributed by atoms with Crippen molar-refractivity contribution in [3.05, 3.63) is 57.6 Å². The number of hydrogen-bond donors (Lipinski definition) is 1. The van der Waals surface area contributed by atoms with E-state index >= 15 is 0 Å². The molecule has 30 heavy (non-hydrogen) atoms. The number of halogens is 1. The number of anilines is 1. The van der Waals surface area contributed by atoms with Crippen LogP contribution in [0.1, 0.15) is 55.9 Å². The van der Waals surface area contributed by atoms with Crippen molar-refractivity contribution < 1.29 is 14.0 Å². The second kappa shape index (κ2) is 7.28. The molecule has 2 aromatic heterocycles. The number of hydrogen-bond acceptors (Lipinski definition) is 6. The molecule has 8 nitrogen and oxygen atoms in total. The molecule has 3 aromatic rings. The fourth-order valence-corrected chi connectivity index (χ4v) is 4.49. The maximum atomic E-state index is 14.0. The van der Waals surface area contributed by atoms with Crippen LogP contribution in [0.15, 0.2) is 24.3 Å². The molecule has 0 spiro atoms. The molecule has 154 valence electrons. The van der Waals surface area contributed by atoms with Crippen LogP contribution in [0, 0.1) is 12.7 Å². The number of aromatic nitrogens is 4. The Morgan fingerprint density at radius 2 is 2.07 bits per heavy atom. The van der Waals surface area contributed by atoms with Gasteiger partial charge in [-0.1, -0.05) is 29.5 Å². The van der Waals surface area contributed by atoms with E-state index in [4.69, 9.17) is 0 Å². The smallest absolute Gasteiger partial charge is 0.278 e. The molecule has 1 saturated carbocycles. The zero-order valence-corrected chi connectivity index (χ0v) is 17.1. The number of nitrogens with zero attached hydrogens (tertiary/aromatic N) is 5. The predicted octanol–water partition coefficient (Wildman–Crippen LogP) is 2.97. The zero-order valence-electron chi connectivity index (χ0n) is 16.3. The Bertz CT molecular complexity index is 1150. The Morgan fingerprint density at radius 3 is 2.83 bits per heavy atom. The van der Waals surface area contributed by atoms with Gasteiger partial charge in [-0.2, -0.15) is 5.10 Å². The SMILES string of the molecule is Cc1c(C(=O)Nc2nnc(C3CC3)s2)nn2c1C(=O)N(Cc1ccccc1F)CC2. The highest BCUT2D eigenvalue weighted by atomic mass is 32.1. The summed E-state index contributed by atoms with van der Waals surface area (Å²) in [4.78, 5) is 27.4. The summed E-state index contributed by atoms with van der Waals surface area (Å²) < 4.78 is 15.6. The Balaban J connectivity index is 1.35. The number of carbonyl (C=O) groups is 2. The summed E-state index contributed by atoms with van der Waals surface area (Å²) in [6.45, 7) is 2.71. The molecular weight excluding hydrogens is 407 g/mol. The molecular formula is C20H19FN6O2S. The highest BCUT2D eigenvalue weighted by Crippen LogP contribution is 2.42. The summed E-state index contributed by atoms with van der Waals surface area (Å²) in [5.74, 6) is -0.557. The molecule has 2 aliphatic rings. The first-order valence-electron chi connectivity index (χ1n) is 9.76. The summed E-state index contributed by atoms with van der Waals surface area (Å²) in [5, 5.41) is 16.6. The average molecular weight is 426 g/mol. The molecule has 2 amide bonds. The van der Waals surface area contributed by atoms with E-state index in [2.05, 4.69) is 20.6 Å². The van der Waals surface area contributed by atoms with Gasteiger partial charge < -0.3 is 4.90 Å².